The fraction of sp³-hybridized carbons (Fsp3) is 0.350. The minimum absolute atomic E-state index is 0.0229. The first-order valence-corrected chi connectivity index (χ1v) is 8.76. The monoisotopic (exact) mass is 362 g/mol. The second kappa shape index (κ2) is 9.75. The molecular weight excluding hydrogens is 338 g/mol. The number of anilines is 2. The standard InChI is InChI=1S/C20H24F2N2O2/c1-3-10-24(11-4-2)19-17(21)12-16(13-18(19)22)23-20(25)26-14-15-8-6-5-7-9-15/h5-9,12-13H,3-4,10-11,14H2,1-2H3,(H,23,25). The summed E-state index contributed by atoms with van der Waals surface area (Å²) < 4.78 is 33.9. The first-order chi connectivity index (χ1) is 12.5. The van der Waals surface area contributed by atoms with Gasteiger partial charge in [-0.2, -0.15) is 0 Å². The van der Waals surface area contributed by atoms with Crippen molar-refractivity contribution in [2.75, 3.05) is 23.3 Å². The number of hydrogen-bond acceptors (Lipinski definition) is 3. The molecule has 0 aromatic heterocycles. The predicted molar refractivity (Wildman–Crippen MR) is 99.4 cm³/mol. The molecule has 2 rings (SSSR count). The van der Waals surface area contributed by atoms with E-state index in [4.69, 9.17) is 4.74 Å². The molecule has 0 atom stereocenters. The molecule has 0 heterocycles. The highest BCUT2D eigenvalue weighted by Gasteiger charge is 2.18. The fourth-order valence-electron chi connectivity index (χ4n) is 2.69. The van der Waals surface area contributed by atoms with Gasteiger partial charge in [-0.05, 0) is 30.5 Å². The highest BCUT2D eigenvalue weighted by atomic mass is 19.1. The lowest BCUT2D eigenvalue weighted by atomic mass is 10.2. The smallest absolute Gasteiger partial charge is 0.411 e. The average molecular weight is 362 g/mol. The van der Waals surface area contributed by atoms with Gasteiger partial charge in [-0.25, -0.2) is 13.6 Å². The maximum absolute atomic E-state index is 14.4. The Hall–Kier alpha value is -2.63. The molecule has 4 nitrogen and oxygen atoms in total. The third-order valence-corrected chi connectivity index (χ3v) is 3.78. The van der Waals surface area contributed by atoms with E-state index in [0.29, 0.717) is 13.1 Å². The Labute approximate surface area is 152 Å². The number of ether oxygens (including phenoxy) is 1. The summed E-state index contributed by atoms with van der Waals surface area (Å²) in [5, 5.41) is 2.36. The number of benzene rings is 2. The number of halogens is 2. The predicted octanol–water partition coefficient (Wildman–Crippen LogP) is 5.34. The molecule has 1 amide bonds. The summed E-state index contributed by atoms with van der Waals surface area (Å²) in [5.41, 5.74) is 0.789. The van der Waals surface area contributed by atoms with Gasteiger partial charge >= 0.3 is 6.09 Å². The number of carbonyl (C=O) groups excluding carboxylic acids is 1. The highest BCUT2D eigenvalue weighted by Crippen LogP contribution is 2.27. The summed E-state index contributed by atoms with van der Waals surface area (Å²) >= 11 is 0. The van der Waals surface area contributed by atoms with E-state index in [9.17, 15) is 13.6 Å². The van der Waals surface area contributed by atoms with Gasteiger partial charge in [-0.15, -0.1) is 0 Å². The molecule has 0 spiro atoms. The molecule has 0 aliphatic carbocycles. The summed E-state index contributed by atoms with van der Waals surface area (Å²) in [6, 6.07) is 11.4. The quantitative estimate of drug-likeness (QED) is 0.689. The molecule has 2 aromatic carbocycles. The van der Waals surface area contributed by atoms with Crippen molar-refractivity contribution in [2.24, 2.45) is 0 Å². The van der Waals surface area contributed by atoms with E-state index >= 15 is 0 Å². The molecule has 2 aromatic rings. The summed E-state index contributed by atoms with van der Waals surface area (Å²) in [6.45, 7) is 5.12. The average Bonchev–Trinajstić information content (AvgIpc) is 2.61. The Morgan fingerprint density at radius 3 is 2.15 bits per heavy atom. The molecule has 0 saturated heterocycles. The van der Waals surface area contributed by atoms with Gasteiger partial charge in [0.1, 0.15) is 12.3 Å². The van der Waals surface area contributed by atoms with E-state index in [2.05, 4.69) is 5.32 Å². The van der Waals surface area contributed by atoms with Crippen molar-refractivity contribution in [3.05, 3.63) is 59.7 Å². The molecule has 6 heteroatoms. The summed E-state index contributed by atoms with van der Waals surface area (Å²) in [6.07, 6.45) is 0.800. The maximum atomic E-state index is 14.4. The van der Waals surface area contributed by atoms with Gasteiger partial charge in [-0.1, -0.05) is 44.2 Å². The second-order valence-corrected chi connectivity index (χ2v) is 5.96. The second-order valence-electron chi connectivity index (χ2n) is 5.96. The van der Waals surface area contributed by atoms with Crippen LogP contribution in [0.15, 0.2) is 42.5 Å². The van der Waals surface area contributed by atoms with Gasteiger partial charge in [-0.3, -0.25) is 5.32 Å². The van der Waals surface area contributed by atoms with Crippen LogP contribution in [0.25, 0.3) is 0 Å². The van der Waals surface area contributed by atoms with Crippen LogP contribution in [0.5, 0.6) is 0 Å². The van der Waals surface area contributed by atoms with Crippen LogP contribution < -0.4 is 10.2 Å². The SMILES string of the molecule is CCCN(CCC)c1c(F)cc(NC(=O)OCc2ccccc2)cc1F. The number of hydrogen-bond donors (Lipinski definition) is 1. The zero-order chi connectivity index (χ0) is 18.9. The van der Waals surface area contributed by atoms with Crippen LogP contribution in [0.4, 0.5) is 25.0 Å². The van der Waals surface area contributed by atoms with Gasteiger partial charge in [0.15, 0.2) is 11.6 Å². The van der Waals surface area contributed by atoms with Crippen LogP contribution in [0, 0.1) is 11.6 Å². The van der Waals surface area contributed by atoms with E-state index in [1.165, 1.54) is 0 Å². The van der Waals surface area contributed by atoms with Crippen LogP contribution in [-0.4, -0.2) is 19.2 Å². The van der Waals surface area contributed by atoms with Crippen molar-refractivity contribution in [3.8, 4) is 0 Å². The molecule has 0 unspecified atom stereocenters. The zero-order valence-electron chi connectivity index (χ0n) is 15.1. The van der Waals surface area contributed by atoms with Crippen molar-refractivity contribution in [3.63, 3.8) is 0 Å². The first-order valence-electron chi connectivity index (χ1n) is 8.76. The molecule has 140 valence electrons. The van der Waals surface area contributed by atoms with Crippen LogP contribution in [0.2, 0.25) is 0 Å². The summed E-state index contributed by atoms with van der Waals surface area (Å²) in [7, 11) is 0. The van der Waals surface area contributed by atoms with Crippen molar-refractivity contribution < 1.29 is 18.3 Å². The number of amides is 1. The van der Waals surface area contributed by atoms with Crippen LogP contribution in [-0.2, 0) is 11.3 Å². The lowest BCUT2D eigenvalue weighted by molar-refractivity contribution is 0.155. The minimum atomic E-state index is -0.764. The topological polar surface area (TPSA) is 41.6 Å². The molecule has 0 bridgehead atoms. The Morgan fingerprint density at radius 2 is 1.62 bits per heavy atom. The lowest BCUT2D eigenvalue weighted by Gasteiger charge is -2.25. The molecule has 0 saturated carbocycles. The highest BCUT2D eigenvalue weighted by molar-refractivity contribution is 5.85. The van der Waals surface area contributed by atoms with Crippen LogP contribution in [0.3, 0.4) is 0 Å². The lowest BCUT2D eigenvalue weighted by Crippen LogP contribution is -2.27. The number of rotatable bonds is 8. The molecular formula is C20H24F2N2O2. The van der Waals surface area contributed by atoms with Crippen molar-refractivity contribution >= 4 is 17.5 Å². The molecule has 26 heavy (non-hydrogen) atoms. The van der Waals surface area contributed by atoms with Gasteiger partial charge < -0.3 is 9.64 Å². The van der Waals surface area contributed by atoms with Gasteiger partial charge in [0, 0.05) is 18.8 Å². The molecule has 0 aliphatic heterocycles. The Kier molecular flexibility index (Phi) is 7.38. The van der Waals surface area contributed by atoms with Gasteiger partial charge in [0.25, 0.3) is 0 Å². The van der Waals surface area contributed by atoms with Gasteiger partial charge in [0.05, 0.1) is 0 Å². The van der Waals surface area contributed by atoms with Gasteiger partial charge in [0.2, 0.25) is 0 Å². The van der Waals surface area contributed by atoms with E-state index in [1.54, 1.807) is 4.90 Å². The maximum Gasteiger partial charge on any atom is 0.411 e. The van der Waals surface area contributed by atoms with Crippen molar-refractivity contribution in [2.45, 2.75) is 33.3 Å². The Balaban J connectivity index is 2.05. The fourth-order valence-corrected chi connectivity index (χ4v) is 2.69. The van der Waals surface area contributed by atoms with E-state index < -0.39 is 17.7 Å². The molecule has 0 radical (unpaired) electrons. The molecule has 1 N–H and O–H groups in total. The Morgan fingerprint density at radius 1 is 1.04 bits per heavy atom. The largest absolute Gasteiger partial charge is 0.444 e. The number of carbonyl (C=O) groups is 1. The number of nitrogens with one attached hydrogen (secondary N) is 1. The normalized spacial score (nSPS) is 10.5. The third kappa shape index (κ3) is 5.44. The third-order valence-electron chi connectivity index (χ3n) is 3.78. The van der Waals surface area contributed by atoms with Crippen molar-refractivity contribution in [1.82, 2.24) is 0 Å². The van der Waals surface area contributed by atoms with E-state index in [-0.39, 0.29) is 18.0 Å². The summed E-state index contributed by atoms with van der Waals surface area (Å²) in [4.78, 5) is 13.5. The van der Waals surface area contributed by atoms with Crippen LogP contribution >= 0.6 is 0 Å². The zero-order valence-corrected chi connectivity index (χ0v) is 15.1. The van der Waals surface area contributed by atoms with E-state index in [0.717, 1.165) is 30.5 Å². The molecule has 0 aliphatic rings. The molecule has 0 fully saturated rings. The van der Waals surface area contributed by atoms with Crippen LogP contribution in [0.1, 0.15) is 32.3 Å². The number of nitrogens with zero attached hydrogens (tertiary/aromatic N) is 1. The Bertz CT molecular complexity index is 694. The van der Waals surface area contributed by atoms with Crippen molar-refractivity contribution in [1.29, 1.82) is 0 Å². The first kappa shape index (κ1) is 19.7. The minimum Gasteiger partial charge on any atom is -0.444 e. The summed E-state index contributed by atoms with van der Waals surface area (Å²) in [5.74, 6) is -1.41. The van der Waals surface area contributed by atoms with E-state index in [1.807, 2.05) is 44.2 Å².